The number of halogens is 2. The van der Waals surface area contributed by atoms with Gasteiger partial charge in [-0.25, -0.2) is 20.0 Å². The monoisotopic (exact) mass is 660 g/mol. The first kappa shape index (κ1) is 29.1. The molecular weight excluding hydrogens is 624 g/mol. The Morgan fingerprint density at radius 2 is 0.850 bits per heavy atom. The average Bonchev–Trinajstić information content (AvgIpc) is 3.79. The van der Waals surface area contributed by atoms with Crippen LogP contribution in [0.2, 0.25) is 0 Å². The molecule has 208 valence electrons. The van der Waals surface area contributed by atoms with Gasteiger partial charge in [0.2, 0.25) is 0 Å². The topological polar surface area (TPSA) is 49.4 Å². The van der Waals surface area contributed by atoms with Crippen LogP contribution in [-0.4, -0.2) is 22.8 Å². The van der Waals surface area contributed by atoms with Crippen LogP contribution >= 0.6 is 31.9 Å². The van der Waals surface area contributed by atoms with Crippen molar-refractivity contribution in [3.8, 4) is 0 Å². The fourth-order valence-electron chi connectivity index (χ4n) is 5.85. The van der Waals surface area contributed by atoms with Crippen molar-refractivity contribution in [3.05, 3.63) is 91.5 Å². The predicted octanol–water partition coefficient (Wildman–Crippen LogP) is 10.2. The highest BCUT2D eigenvalue weighted by atomic mass is 79.9. The number of nitrogens with zero attached hydrogens (tertiary/aromatic N) is 4. The molecule has 0 aliphatic carbocycles. The predicted molar refractivity (Wildman–Crippen MR) is 179 cm³/mol. The smallest absolute Gasteiger partial charge is 0.0801 e. The van der Waals surface area contributed by atoms with E-state index in [2.05, 4.69) is 108 Å². The Labute approximate surface area is 256 Å². The summed E-state index contributed by atoms with van der Waals surface area (Å²) in [4.78, 5) is 20.5. The van der Waals surface area contributed by atoms with Gasteiger partial charge in [-0.2, -0.15) is 0 Å². The van der Waals surface area contributed by atoms with Gasteiger partial charge in [-0.05, 0) is 105 Å². The van der Waals surface area contributed by atoms with Crippen LogP contribution in [0.15, 0.2) is 111 Å². The van der Waals surface area contributed by atoms with E-state index in [1.807, 2.05) is 0 Å². The highest BCUT2D eigenvalue weighted by Crippen LogP contribution is 2.36. The second-order valence-electron chi connectivity index (χ2n) is 11.0. The number of allylic oxidation sites excluding steroid dienone is 12. The van der Waals surface area contributed by atoms with Crippen LogP contribution < -0.4 is 0 Å². The van der Waals surface area contributed by atoms with Crippen molar-refractivity contribution in [2.45, 2.75) is 79.1 Å². The van der Waals surface area contributed by atoms with Crippen molar-refractivity contribution in [3.63, 3.8) is 0 Å². The molecule has 2 unspecified atom stereocenters. The minimum Gasteiger partial charge on any atom is -0.247 e. The van der Waals surface area contributed by atoms with Crippen LogP contribution in [0, 0.1) is 11.8 Å². The molecule has 2 atom stereocenters. The Kier molecular flexibility index (Phi) is 9.47. The third-order valence-corrected chi connectivity index (χ3v) is 9.86. The zero-order chi connectivity index (χ0) is 28.2. The van der Waals surface area contributed by atoms with Gasteiger partial charge in [0, 0.05) is 11.1 Å². The number of rotatable bonds is 10. The van der Waals surface area contributed by atoms with Crippen LogP contribution in [0.3, 0.4) is 0 Å². The van der Waals surface area contributed by atoms with Crippen molar-refractivity contribution in [2.24, 2.45) is 31.8 Å². The second-order valence-corrected chi connectivity index (χ2v) is 12.6. The summed E-state index contributed by atoms with van der Waals surface area (Å²) >= 11 is 7.71. The molecule has 0 aromatic heterocycles. The van der Waals surface area contributed by atoms with Gasteiger partial charge in [-0.3, -0.25) is 0 Å². The van der Waals surface area contributed by atoms with Gasteiger partial charge in [0.05, 0.1) is 54.6 Å². The maximum atomic E-state index is 5.11. The third-order valence-electron chi connectivity index (χ3n) is 8.23. The largest absolute Gasteiger partial charge is 0.247 e. The van der Waals surface area contributed by atoms with Crippen molar-refractivity contribution >= 4 is 54.7 Å². The lowest BCUT2D eigenvalue weighted by Gasteiger charge is -2.17. The maximum Gasteiger partial charge on any atom is 0.0801 e. The third kappa shape index (κ3) is 6.08. The molecule has 0 N–H and O–H groups in total. The van der Waals surface area contributed by atoms with Crippen LogP contribution in [0.1, 0.15) is 79.1 Å². The summed E-state index contributed by atoms with van der Waals surface area (Å²) in [5.74, 6) is 1.19. The summed E-state index contributed by atoms with van der Waals surface area (Å²) in [6.45, 7) is 9.10. The lowest BCUT2D eigenvalue weighted by molar-refractivity contribution is 0.465. The van der Waals surface area contributed by atoms with E-state index in [4.69, 9.17) is 20.0 Å². The van der Waals surface area contributed by atoms with E-state index in [0.717, 1.165) is 80.3 Å². The number of fused-ring (bicyclic) bond motifs is 4. The molecule has 0 aromatic rings. The fourth-order valence-corrected chi connectivity index (χ4v) is 6.73. The molecule has 0 saturated carbocycles. The first-order valence-electron chi connectivity index (χ1n) is 14.8. The van der Waals surface area contributed by atoms with Gasteiger partial charge in [-0.15, -0.1) is 0 Å². The van der Waals surface area contributed by atoms with Gasteiger partial charge >= 0.3 is 0 Å². The summed E-state index contributed by atoms with van der Waals surface area (Å²) in [7, 11) is 0. The molecule has 4 nitrogen and oxygen atoms in total. The van der Waals surface area contributed by atoms with Crippen LogP contribution in [0.25, 0.3) is 0 Å². The molecule has 0 spiro atoms. The molecule has 8 bridgehead atoms. The SMILES string of the molecule is CCCC(CC)CC1=C2C=CC(=N2)C(Br)=C2C=CC(=N2)C(CC(CC)CCC)=C2C=CC(=N2)C(Br)=C2C=CC1=N2. The Hall–Kier alpha value is -2.44. The standard InChI is InChI=1S/C34H38Br2N4/c1-5-9-21(7-3)19-23-25-11-15-29(37-25)33(35)31-17-13-27(39-31)24(20-22(8-4)10-6-2)28-14-18-32(40-28)34(36)30-16-12-26(23)38-30/h11-18,21-22H,5-10,19-20H2,1-4H3. The van der Waals surface area contributed by atoms with Gasteiger partial charge in [-0.1, -0.05) is 66.2 Å². The lowest BCUT2D eigenvalue weighted by atomic mass is 9.89. The van der Waals surface area contributed by atoms with E-state index in [9.17, 15) is 0 Å². The molecule has 40 heavy (non-hydrogen) atoms. The highest BCUT2D eigenvalue weighted by Gasteiger charge is 2.26. The quantitative estimate of drug-likeness (QED) is 0.224. The van der Waals surface area contributed by atoms with E-state index >= 15 is 0 Å². The molecule has 6 heteroatoms. The van der Waals surface area contributed by atoms with Crippen molar-refractivity contribution in [2.75, 3.05) is 0 Å². The Balaban J connectivity index is 1.67. The second kappa shape index (κ2) is 13.0. The van der Waals surface area contributed by atoms with Gasteiger partial charge in [0.1, 0.15) is 0 Å². The molecule has 0 saturated heterocycles. The summed E-state index contributed by atoms with van der Waals surface area (Å²) in [5.41, 5.74) is 9.99. The van der Waals surface area contributed by atoms with E-state index in [0.29, 0.717) is 11.8 Å². The first-order valence-corrected chi connectivity index (χ1v) is 16.4. The molecule has 5 aliphatic heterocycles. The Morgan fingerprint density at radius 3 is 1.23 bits per heavy atom. The zero-order valence-electron chi connectivity index (χ0n) is 24.0. The molecule has 0 fully saturated rings. The van der Waals surface area contributed by atoms with Crippen molar-refractivity contribution in [1.82, 2.24) is 0 Å². The summed E-state index contributed by atoms with van der Waals surface area (Å²) in [6.07, 6.45) is 25.9. The number of hydrogen-bond donors (Lipinski definition) is 0. The fraction of sp³-hybridized carbons (Fsp3) is 0.412. The van der Waals surface area contributed by atoms with E-state index in [1.165, 1.54) is 36.8 Å². The van der Waals surface area contributed by atoms with Crippen molar-refractivity contribution in [1.29, 1.82) is 0 Å². The average molecular weight is 663 g/mol. The maximum absolute atomic E-state index is 5.11. The van der Waals surface area contributed by atoms with E-state index in [1.54, 1.807) is 0 Å². The molecule has 0 radical (unpaired) electrons. The summed E-state index contributed by atoms with van der Waals surface area (Å²) in [5, 5.41) is 0. The molecule has 5 rings (SSSR count). The number of aliphatic imine (C=N–C) groups is 4. The van der Waals surface area contributed by atoms with Gasteiger partial charge < -0.3 is 0 Å². The minimum atomic E-state index is 0.595. The minimum absolute atomic E-state index is 0.595. The molecular formula is C34H38Br2N4. The Bertz CT molecular complexity index is 1340. The first-order chi connectivity index (χ1) is 19.4. The highest BCUT2D eigenvalue weighted by molar-refractivity contribution is 9.12. The molecule has 0 aromatic carbocycles. The lowest BCUT2D eigenvalue weighted by Crippen LogP contribution is -2.08. The molecule has 0 amide bonds. The van der Waals surface area contributed by atoms with Gasteiger partial charge in [0.15, 0.2) is 0 Å². The zero-order valence-corrected chi connectivity index (χ0v) is 27.1. The van der Waals surface area contributed by atoms with Crippen molar-refractivity contribution < 1.29 is 0 Å². The van der Waals surface area contributed by atoms with Crippen LogP contribution in [0.5, 0.6) is 0 Å². The molecule has 5 aliphatic rings. The van der Waals surface area contributed by atoms with Crippen LogP contribution in [0.4, 0.5) is 0 Å². The summed E-state index contributed by atoms with van der Waals surface area (Å²) in [6, 6.07) is 0. The Morgan fingerprint density at radius 1 is 0.500 bits per heavy atom. The normalized spacial score (nSPS) is 21.1. The number of hydrogen-bond acceptors (Lipinski definition) is 4. The van der Waals surface area contributed by atoms with E-state index in [-0.39, 0.29) is 0 Å². The molecule has 5 heterocycles. The van der Waals surface area contributed by atoms with E-state index < -0.39 is 0 Å². The summed E-state index contributed by atoms with van der Waals surface area (Å²) < 4.78 is 1.83. The van der Waals surface area contributed by atoms with Crippen LogP contribution in [-0.2, 0) is 0 Å². The van der Waals surface area contributed by atoms with Gasteiger partial charge in [0.25, 0.3) is 0 Å².